The summed E-state index contributed by atoms with van der Waals surface area (Å²) in [6, 6.07) is 6.43. The van der Waals surface area contributed by atoms with Gasteiger partial charge < -0.3 is 4.74 Å². The quantitative estimate of drug-likeness (QED) is 0.615. The molecule has 2 rings (SSSR count). The van der Waals surface area contributed by atoms with E-state index in [1.165, 1.54) is 30.4 Å². The molecule has 0 amide bonds. The Hall–Kier alpha value is -0.960. The largest absolute Gasteiger partial charge is 0.460 e. The van der Waals surface area contributed by atoms with E-state index in [-0.39, 0.29) is 6.10 Å². The van der Waals surface area contributed by atoms with Crippen LogP contribution in [0.2, 0.25) is 0 Å². The Bertz CT molecular complexity index is 475. The third kappa shape index (κ3) is 6.04. The highest BCUT2D eigenvalue weighted by molar-refractivity contribution is 7.81. The summed E-state index contributed by atoms with van der Waals surface area (Å²) in [6.45, 7) is 11.1. The number of thiol groups is 1. The van der Waals surface area contributed by atoms with Gasteiger partial charge in [-0.05, 0) is 54.7 Å². The first-order valence-corrected chi connectivity index (χ1v) is 8.66. The molecule has 1 aromatic rings. The van der Waals surface area contributed by atoms with E-state index in [4.69, 9.17) is 4.74 Å². The molecule has 3 heteroatoms. The Balaban J connectivity index is 0.000000295. The van der Waals surface area contributed by atoms with Gasteiger partial charge >= 0.3 is 0 Å². The Labute approximate surface area is 141 Å². The molecule has 1 aliphatic carbocycles. The molecule has 0 aliphatic heterocycles. The van der Waals surface area contributed by atoms with Crippen molar-refractivity contribution in [2.75, 3.05) is 0 Å². The molecular formula is C19H30O2S. The van der Waals surface area contributed by atoms with Crippen molar-refractivity contribution in [2.24, 2.45) is 5.41 Å². The first-order valence-electron chi connectivity index (χ1n) is 8.14. The fourth-order valence-electron chi connectivity index (χ4n) is 2.17. The van der Waals surface area contributed by atoms with E-state index in [1.54, 1.807) is 0 Å². The van der Waals surface area contributed by atoms with Gasteiger partial charge in [-0.3, -0.25) is 4.79 Å². The summed E-state index contributed by atoms with van der Waals surface area (Å²) >= 11 is 4.28. The smallest absolute Gasteiger partial charge is 0.293 e. The molecule has 0 heterocycles. The van der Waals surface area contributed by atoms with Crippen LogP contribution in [0.25, 0.3) is 0 Å². The molecule has 2 nitrogen and oxygen atoms in total. The summed E-state index contributed by atoms with van der Waals surface area (Å²) in [5.41, 5.74) is 4.36. The van der Waals surface area contributed by atoms with Gasteiger partial charge in [-0.1, -0.05) is 45.9 Å². The lowest BCUT2D eigenvalue weighted by Crippen LogP contribution is -2.16. The zero-order valence-corrected chi connectivity index (χ0v) is 15.5. The van der Waals surface area contributed by atoms with Crippen LogP contribution in [0.4, 0.5) is 0 Å². The highest BCUT2D eigenvalue weighted by atomic mass is 32.1. The number of ether oxygens (including phenoxy) is 1. The number of carbonyl (C=O) groups excluding carboxylic acids is 1. The fourth-order valence-corrected chi connectivity index (χ4v) is 2.17. The van der Waals surface area contributed by atoms with Crippen LogP contribution in [0.1, 0.15) is 70.3 Å². The molecule has 0 spiro atoms. The first-order chi connectivity index (χ1) is 10.3. The second-order valence-electron chi connectivity index (χ2n) is 7.15. The van der Waals surface area contributed by atoms with Crippen LogP contribution in [0, 0.1) is 5.41 Å². The lowest BCUT2D eigenvalue weighted by Gasteiger charge is -2.21. The van der Waals surface area contributed by atoms with Crippen LogP contribution >= 0.6 is 12.6 Å². The number of fused-ring (bicyclic) bond motifs is 1. The summed E-state index contributed by atoms with van der Waals surface area (Å²) < 4.78 is 4.94. The third-order valence-electron chi connectivity index (χ3n) is 4.35. The molecule has 0 saturated heterocycles. The van der Waals surface area contributed by atoms with Crippen LogP contribution < -0.4 is 0 Å². The standard InChI is InChI=1S/C13H16O2.C6H14S/c1-10(15-9-14)12-7-6-11-4-2-3-5-13(11)8-12;1-5(7)6(2,3)4/h6-10H,2-5H2,1H3;5,7H,1-4H3. The van der Waals surface area contributed by atoms with Crippen molar-refractivity contribution < 1.29 is 9.53 Å². The first kappa shape index (κ1) is 19.1. The molecule has 0 fully saturated rings. The van der Waals surface area contributed by atoms with Crippen molar-refractivity contribution in [1.29, 1.82) is 0 Å². The monoisotopic (exact) mass is 322 g/mol. The van der Waals surface area contributed by atoms with Gasteiger partial charge in [0.1, 0.15) is 6.10 Å². The molecule has 0 N–H and O–H groups in total. The zero-order valence-electron chi connectivity index (χ0n) is 14.6. The normalized spacial score (nSPS) is 16.6. The van der Waals surface area contributed by atoms with Crippen LogP contribution in [0.3, 0.4) is 0 Å². The Morgan fingerprint density at radius 1 is 1.14 bits per heavy atom. The van der Waals surface area contributed by atoms with Gasteiger partial charge in [0.2, 0.25) is 0 Å². The van der Waals surface area contributed by atoms with Crippen LogP contribution in [0.5, 0.6) is 0 Å². The summed E-state index contributed by atoms with van der Waals surface area (Å²) in [5.74, 6) is 0. The predicted octanol–water partition coefficient (Wildman–Crippen LogP) is 5.15. The van der Waals surface area contributed by atoms with Crippen LogP contribution in [-0.4, -0.2) is 11.7 Å². The Kier molecular flexibility index (Phi) is 7.47. The number of benzene rings is 1. The molecule has 1 aromatic carbocycles. The minimum atomic E-state index is -0.130. The van der Waals surface area contributed by atoms with Crippen molar-refractivity contribution in [3.8, 4) is 0 Å². The lowest BCUT2D eigenvalue weighted by atomic mass is 9.90. The van der Waals surface area contributed by atoms with Crippen LogP contribution in [-0.2, 0) is 22.4 Å². The van der Waals surface area contributed by atoms with Gasteiger partial charge in [0.25, 0.3) is 6.47 Å². The van der Waals surface area contributed by atoms with Gasteiger partial charge in [-0.2, -0.15) is 12.6 Å². The van der Waals surface area contributed by atoms with Gasteiger partial charge in [0.05, 0.1) is 0 Å². The summed E-state index contributed by atoms with van der Waals surface area (Å²) in [6.07, 6.45) is 4.80. The van der Waals surface area contributed by atoms with Gasteiger partial charge in [-0.15, -0.1) is 0 Å². The molecule has 2 unspecified atom stereocenters. The van der Waals surface area contributed by atoms with Gasteiger partial charge in [0, 0.05) is 5.25 Å². The maximum absolute atomic E-state index is 10.3. The molecular weight excluding hydrogens is 292 g/mol. The van der Waals surface area contributed by atoms with Crippen LogP contribution in [0.15, 0.2) is 18.2 Å². The Morgan fingerprint density at radius 3 is 2.18 bits per heavy atom. The van der Waals surface area contributed by atoms with Gasteiger partial charge in [0.15, 0.2) is 0 Å². The SMILES string of the molecule is CC(OC=O)c1ccc2c(c1)CCCC2.CC(S)C(C)(C)C. The highest BCUT2D eigenvalue weighted by Crippen LogP contribution is 2.25. The highest BCUT2D eigenvalue weighted by Gasteiger charge is 2.15. The Morgan fingerprint density at radius 2 is 1.68 bits per heavy atom. The molecule has 0 radical (unpaired) electrons. The van der Waals surface area contributed by atoms with E-state index < -0.39 is 0 Å². The van der Waals surface area contributed by atoms with E-state index in [0.717, 1.165) is 12.0 Å². The van der Waals surface area contributed by atoms with Crippen molar-refractivity contribution in [3.05, 3.63) is 34.9 Å². The van der Waals surface area contributed by atoms with Crippen molar-refractivity contribution >= 4 is 19.1 Å². The fraction of sp³-hybridized carbons (Fsp3) is 0.632. The van der Waals surface area contributed by atoms with E-state index >= 15 is 0 Å². The zero-order chi connectivity index (χ0) is 16.8. The maximum Gasteiger partial charge on any atom is 0.293 e. The molecule has 0 saturated carbocycles. The second kappa shape index (κ2) is 8.61. The minimum absolute atomic E-state index is 0.130. The van der Waals surface area contributed by atoms with E-state index in [9.17, 15) is 4.79 Å². The van der Waals surface area contributed by atoms with E-state index in [1.807, 2.05) is 6.92 Å². The lowest BCUT2D eigenvalue weighted by molar-refractivity contribution is -0.133. The molecule has 22 heavy (non-hydrogen) atoms. The minimum Gasteiger partial charge on any atom is -0.460 e. The number of hydrogen-bond acceptors (Lipinski definition) is 3. The number of aryl methyl sites for hydroxylation is 2. The number of rotatable bonds is 3. The predicted molar refractivity (Wildman–Crippen MR) is 96.6 cm³/mol. The average Bonchev–Trinajstić information content (AvgIpc) is 2.46. The van der Waals surface area contributed by atoms with E-state index in [2.05, 4.69) is 58.5 Å². The topological polar surface area (TPSA) is 26.3 Å². The molecule has 124 valence electrons. The molecule has 2 atom stereocenters. The van der Waals surface area contributed by atoms with Crippen molar-refractivity contribution in [1.82, 2.24) is 0 Å². The summed E-state index contributed by atoms with van der Waals surface area (Å²) in [7, 11) is 0. The third-order valence-corrected chi connectivity index (χ3v) is 5.13. The molecule has 1 aliphatic rings. The maximum atomic E-state index is 10.3. The molecule has 0 bridgehead atoms. The second-order valence-corrected chi connectivity index (χ2v) is 7.93. The average molecular weight is 323 g/mol. The van der Waals surface area contributed by atoms with Crippen molar-refractivity contribution in [3.63, 3.8) is 0 Å². The number of carbonyl (C=O) groups is 1. The van der Waals surface area contributed by atoms with Crippen molar-refractivity contribution in [2.45, 2.75) is 71.7 Å². The molecule has 0 aromatic heterocycles. The van der Waals surface area contributed by atoms with Gasteiger partial charge in [-0.25, -0.2) is 0 Å². The summed E-state index contributed by atoms with van der Waals surface area (Å²) in [5, 5.41) is 0.493. The summed E-state index contributed by atoms with van der Waals surface area (Å²) in [4.78, 5) is 10.3. The van der Waals surface area contributed by atoms with E-state index in [0.29, 0.717) is 17.1 Å². The number of hydrogen-bond donors (Lipinski definition) is 1.